The van der Waals surface area contributed by atoms with Gasteiger partial charge in [-0.25, -0.2) is 4.98 Å². The second-order valence-corrected chi connectivity index (χ2v) is 6.17. The molecule has 6 heteroatoms. The molecule has 0 radical (unpaired) electrons. The van der Waals surface area contributed by atoms with Gasteiger partial charge in [0.25, 0.3) is 0 Å². The number of carbonyl (C=O) groups is 1. The highest BCUT2D eigenvalue weighted by Gasteiger charge is 2.22. The van der Waals surface area contributed by atoms with Crippen molar-refractivity contribution in [1.29, 1.82) is 0 Å². The van der Waals surface area contributed by atoms with Crippen LogP contribution in [0.4, 0.5) is 5.13 Å². The molecule has 2 unspecified atom stereocenters. The van der Waals surface area contributed by atoms with Gasteiger partial charge in [0, 0.05) is 20.8 Å². The highest BCUT2D eigenvalue weighted by Crippen LogP contribution is 2.31. The SMILES string of the molecule is CCC(C)c1nc(N(CCOC)C(C)COC)sc1C=O. The molecule has 1 rings (SSSR count). The third-order valence-electron chi connectivity index (χ3n) is 3.58. The van der Waals surface area contributed by atoms with Crippen molar-refractivity contribution in [3.05, 3.63) is 10.6 Å². The Balaban J connectivity index is 3.06. The lowest BCUT2D eigenvalue weighted by Gasteiger charge is -2.28. The molecule has 0 bridgehead atoms. The normalized spacial score (nSPS) is 14.0. The molecule has 120 valence electrons. The number of thiazole rings is 1. The third-order valence-corrected chi connectivity index (χ3v) is 4.61. The summed E-state index contributed by atoms with van der Waals surface area (Å²) in [6.45, 7) is 8.25. The summed E-state index contributed by atoms with van der Waals surface area (Å²) in [6.07, 6.45) is 1.88. The first-order valence-electron chi connectivity index (χ1n) is 7.29. The Morgan fingerprint density at radius 3 is 2.57 bits per heavy atom. The molecule has 0 aliphatic heterocycles. The molecule has 0 saturated heterocycles. The van der Waals surface area contributed by atoms with E-state index in [1.807, 2.05) is 0 Å². The largest absolute Gasteiger partial charge is 0.383 e. The minimum absolute atomic E-state index is 0.181. The van der Waals surface area contributed by atoms with Crippen LogP contribution in [0, 0.1) is 0 Å². The Morgan fingerprint density at radius 2 is 2.05 bits per heavy atom. The van der Waals surface area contributed by atoms with E-state index in [9.17, 15) is 4.79 Å². The van der Waals surface area contributed by atoms with Crippen LogP contribution in [-0.2, 0) is 9.47 Å². The molecule has 0 aromatic carbocycles. The van der Waals surface area contributed by atoms with E-state index in [0.29, 0.717) is 13.2 Å². The van der Waals surface area contributed by atoms with Crippen molar-refractivity contribution in [1.82, 2.24) is 4.98 Å². The fourth-order valence-corrected chi connectivity index (χ4v) is 3.24. The quantitative estimate of drug-likeness (QED) is 0.622. The van der Waals surface area contributed by atoms with E-state index in [2.05, 4.69) is 25.7 Å². The van der Waals surface area contributed by atoms with Gasteiger partial charge in [-0.05, 0) is 19.3 Å². The van der Waals surface area contributed by atoms with Crippen LogP contribution in [0.2, 0.25) is 0 Å². The lowest BCUT2D eigenvalue weighted by atomic mass is 10.0. The van der Waals surface area contributed by atoms with Crippen LogP contribution in [0.5, 0.6) is 0 Å². The number of methoxy groups -OCH3 is 2. The number of hydrogen-bond donors (Lipinski definition) is 0. The van der Waals surface area contributed by atoms with Crippen LogP contribution in [0.25, 0.3) is 0 Å². The highest BCUT2D eigenvalue weighted by atomic mass is 32.1. The average Bonchev–Trinajstić information content (AvgIpc) is 2.91. The minimum atomic E-state index is 0.181. The number of hydrogen-bond acceptors (Lipinski definition) is 6. The van der Waals surface area contributed by atoms with Gasteiger partial charge < -0.3 is 14.4 Å². The van der Waals surface area contributed by atoms with Crippen molar-refractivity contribution < 1.29 is 14.3 Å². The predicted octanol–water partition coefficient (Wildman–Crippen LogP) is 2.96. The molecule has 0 amide bonds. The van der Waals surface area contributed by atoms with E-state index >= 15 is 0 Å². The Morgan fingerprint density at radius 1 is 1.33 bits per heavy atom. The van der Waals surface area contributed by atoms with E-state index in [1.54, 1.807) is 14.2 Å². The van der Waals surface area contributed by atoms with Crippen LogP contribution >= 0.6 is 11.3 Å². The van der Waals surface area contributed by atoms with E-state index in [-0.39, 0.29) is 12.0 Å². The van der Waals surface area contributed by atoms with Crippen molar-refractivity contribution >= 4 is 22.8 Å². The maximum atomic E-state index is 11.3. The minimum Gasteiger partial charge on any atom is -0.383 e. The molecule has 0 aliphatic rings. The van der Waals surface area contributed by atoms with E-state index in [4.69, 9.17) is 14.5 Å². The van der Waals surface area contributed by atoms with Crippen LogP contribution in [-0.4, -0.2) is 51.3 Å². The number of ether oxygens (including phenoxy) is 2. The highest BCUT2D eigenvalue weighted by molar-refractivity contribution is 7.17. The fraction of sp³-hybridized carbons (Fsp3) is 0.733. The van der Waals surface area contributed by atoms with Gasteiger partial charge in [-0.3, -0.25) is 4.79 Å². The van der Waals surface area contributed by atoms with Gasteiger partial charge >= 0.3 is 0 Å². The summed E-state index contributed by atoms with van der Waals surface area (Å²) in [4.78, 5) is 18.9. The second-order valence-electron chi connectivity index (χ2n) is 5.16. The summed E-state index contributed by atoms with van der Waals surface area (Å²) in [5.41, 5.74) is 0.902. The number of aromatic nitrogens is 1. The smallest absolute Gasteiger partial charge is 0.186 e. The molecular weight excluding hydrogens is 288 g/mol. The first-order valence-corrected chi connectivity index (χ1v) is 8.11. The van der Waals surface area contributed by atoms with Gasteiger partial charge in [0.1, 0.15) is 0 Å². The fourth-order valence-electron chi connectivity index (χ4n) is 2.11. The monoisotopic (exact) mass is 314 g/mol. The second kappa shape index (κ2) is 9.12. The molecule has 0 N–H and O–H groups in total. The number of anilines is 1. The first-order chi connectivity index (χ1) is 10.1. The first kappa shape index (κ1) is 18.1. The lowest BCUT2D eigenvalue weighted by molar-refractivity contribution is 0.112. The molecule has 1 aromatic rings. The van der Waals surface area contributed by atoms with E-state index < -0.39 is 0 Å². The number of nitrogens with zero attached hydrogens (tertiary/aromatic N) is 2. The number of carbonyl (C=O) groups excluding carboxylic acids is 1. The summed E-state index contributed by atoms with van der Waals surface area (Å²) in [5, 5.41) is 0.869. The van der Waals surface area contributed by atoms with Crippen molar-refractivity contribution in [3.8, 4) is 0 Å². The average molecular weight is 314 g/mol. The van der Waals surface area contributed by atoms with Crippen molar-refractivity contribution in [2.45, 2.75) is 39.2 Å². The topological polar surface area (TPSA) is 51.7 Å². The van der Waals surface area contributed by atoms with E-state index in [0.717, 1.165) is 35.0 Å². The van der Waals surface area contributed by atoms with Gasteiger partial charge in [0.2, 0.25) is 0 Å². The zero-order chi connectivity index (χ0) is 15.8. The Bertz CT molecular complexity index is 437. The molecule has 0 saturated carbocycles. The lowest BCUT2D eigenvalue weighted by Crippen LogP contribution is -2.38. The van der Waals surface area contributed by atoms with Gasteiger partial charge in [-0.1, -0.05) is 25.2 Å². The van der Waals surface area contributed by atoms with Crippen LogP contribution in [0.15, 0.2) is 0 Å². The maximum absolute atomic E-state index is 11.3. The van der Waals surface area contributed by atoms with Gasteiger partial charge in [-0.2, -0.15) is 0 Å². The maximum Gasteiger partial charge on any atom is 0.186 e. The van der Waals surface area contributed by atoms with Crippen molar-refractivity contribution in [2.24, 2.45) is 0 Å². The molecule has 2 atom stereocenters. The molecule has 21 heavy (non-hydrogen) atoms. The summed E-state index contributed by atoms with van der Waals surface area (Å²) >= 11 is 1.45. The molecule has 0 spiro atoms. The molecular formula is C15H26N2O3S. The van der Waals surface area contributed by atoms with Crippen LogP contribution in [0.3, 0.4) is 0 Å². The van der Waals surface area contributed by atoms with E-state index in [1.165, 1.54) is 11.3 Å². The zero-order valence-electron chi connectivity index (χ0n) is 13.6. The Labute approximate surface area is 131 Å². The summed E-state index contributed by atoms with van der Waals surface area (Å²) in [6, 6.07) is 0.181. The van der Waals surface area contributed by atoms with Crippen LogP contribution < -0.4 is 4.90 Å². The summed E-state index contributed by atoms with van der Waals surface area (Å²) < 4.78 is 10.4. The van der Waals surface area contributed by atoms with Crippen molar-refractivity contribution in [2.75, 3.05) is 38.9 Å². The molecule has 0 aliphatic carbocycles. The van der Waals surface area contributed by atoms with Gasteiger partial charge in [0.05, 0.1) is 29.8 Å². The van der Waals surface area contributed by atoms with Gasteiger partial charge in [0.15, 0.2) is 11.4 Å². The molecule has 5 nitrogen and oxygen atoms in total. The van der Waals surface area contributed by atoms with Crippen LogP contribution in [0.1, 0.15) is 48.5 Å². The summed E-state index contributed by atoms with van der Waals surface area (Å²) in [7, 11) is 3.37. The zero-order valence-corrected chi connectivity index (χ0v) is 14.4. The molecule has 1 aromatic heterocycles. The third kappa shape index (κ3) is 4.76. The molecule has 1 heterocycles. The predicted molar refractivity (Wildman–Crippen MR) is 86.8 cm³/mol. The number of aldehydes is 1. The summed E-state index contributed by atoms with van der Waals surface area (Å²) in [5.74, 6) is 0.289. The number of rotatable bonds is 10. The standard InChI is InChI=1S/C15H26N2O3S/c1-6-11(2)14-13(9-18)21-15(16-14)17(7-8-19-4)12(3)10-20-5/h9,11-12H,6-8,10H2,1-5H3. The van der Waals surface area contributed by atoms with Crippen molar-refractivity contribution in [3.63, 3.8) is 0 Å². The molecule has 0 fully saturated rings. The Kier molecular flexibility index (Phi) is 7.85. The Hall–Kier alpha value is -0.980. The van der Waals surface area contributed by atoms with Gasteiger partial charge in [-0.15, -0.1) is 0 Å².